The molecule has 0 saturated heterocycles. The molecule has 136 valence electrons. The van der Waals surface area contributed by atoms with Crippen LogP contribution >= 0.6 is 0 Å². The lowest BCUT2D eigenvalue weighted by Gasteiger charge is -2.15. The van der Waals surface area contributed by atoms with E-state index >= 15 is 0 Å². The molecule has 0 aliphatic rings. The number of aryl methyl sites for hydroxylation is 1. The van der Waals surface area contributed by atoms with E-state index in [2.05, 4.69) is 54.6 Å². The maximum absolute atomic E-state index is 13.2. The molecule has 1 heterocycles. The Morgan fingerprint density at radius 3 is 2.38 bits per heavy atom. The van der Waals surface area contributed by atoms with Gasteiger partial charge in [-0.3, -0.25) is 0 Å². The van der Waals surface area contributed by atoms with Crippen molar-refractivity contribution >= 4 is 0 Å². The summed E-state index contributed by atoms with van der Waals surface area (Å²) in [5.74, 6) is -0.228. The van der Waals surface area contributed by atoms with Crippen LogP contribution in [0.3, 0.4) is 0 Å². The van der Waals surface area contributed by atoms with Crippen LogP contribution in [0.25, 0.3) is 5.69 Å². The number of hydrogen-bond acceptors (Lipinski definition) is 1. The van der Waals surface area contributed by atoms with Crippen LogP contribution in [0.2, 0.25) is 0 Å². The molecule has 0 unspecified atom stereocenters. The quantitative estimate of drug-likeness (QED) is 0.678. The minimum atomic E-state index is -0.228. The molecule has 0 amide bonds. The second kappa shape index (κ2) is 8.28. The molecular formula is C22H27FN3+. The van der Waals surface area contributed by atoms with Crippen LogP contribution in [0.1, 0.15) is 48.3 Å². The number of nitrogens with two attached hydrogens (primary N) is 1. The number of rotatable bonds is 7. The Morgan fingerprint density at radius 2 is 1.73 bits per heavy atom. The van der Waals surface area contributed by atoms with E-state index in [0.29, 0.717) is 6.04 Å². The molecule has 0 saturated carbocycles. The van der Waals surface area contributed by atoms with Gasteiger partial charge in [-0.15, -0.1) is 0 Å². The lowest BCUT2D eigenvalue weighted by molar-refractivity contribution is -0.712. The summed E-state index contributed by atoms with van der Waals surface area (Å²) in [4.78, 5) is 0. The summed E-state index contributed by atoms with van der Waals surface area (Å²) in [6.07, 6.45) is 2.30. The Hall–Kier alpha value is -2.46. The topological polar surface area (TPSA) is 34.4 Å². The van der Waals surface area contributed by atoms with Crippen molar-refractivity contribution in [1.29, 1.82) is 0 Å². The van der Waals surface area contributed by atoms with Gasteiger partial charge >= 0.3 is 0 Å². The van der Waals surface area contributed by atoms with E-state index in [4.69, 9.17) is 0 Å². The number of hydrogen-bond donors (Lipinski definition) is 1. The third-order valence-electron chi connectivity index (χ3n) is 4.95. The third-order valence-corrected chi connectivity index (χ3v) is 4.95. The van der Waals surface area contributed by atoms with Crippen LogP contribution in [-0.2, 0) is 6.54 Å². The summed E-state index contributed by atoms with van der Waals surface area (Å²) >= 11 is 0. The van der Waals surface area contributed by atoms with Crippen molar-refractivity contribution in [3.05, 3.63) is 82.9 Å². The maximum Gasteiger partial charge on any atom is 0.123 e. The highest BCUT2D eigenvalue weighted by Gasteiger charge is 2.18. The van der Waals surface area contributed by atoms with E-state index < -0.39 is 0 Å². The Morgan fingerprint density at radius 1 is 1.04 bits per heavy atom. The van der Waals surface area contributed by atoms with E-state index in [9.17, 15) is 4.39 Å². The lowest BCUT2D eigenvalue weighted by atomic mass is 10.0. The average molecular weight is 352 g/mol. The first-order chi connectivity index (χ1) is 12.6. The van der Waals surface area contributed by atoms with E-state index in [1.807, 2.05) is 11.6 Å². The van der Waals surface area contributed by atoms with Gasteiger partial charge in [-0.2, -0.15) is 5.10 Å². The molecule has 3 nitrogen and oxygen atoms in total. The molecule has 0 bridgehead atoms. The fourth-order valence-corrected chi connectivity index (χ4v) is 3.50. The molecular weight excluding hydrogens is 325 g/mol. The number of aromatic nitrogens is 2. The van der Waals surface area contributed by atoms with Gasteiger partial charge in [0.1, 0.15) is 18.4 Å². The molecule has 0 spiro atoms. The molecule has 3 rings (SSSR count). The van der Waals surface area contributed by atoms with Crippen molar-refractivity contribution in [1.82, 2.24) is 9.78 Å². The second-order valence-electron chi connectivity index (χ2n) is 6.78. The van der Waals surface area contributed by atoms with E-state index in [0.717, 1.165) is 36.5 Å². The fraction of sp³-hybridized carbons (Fsp3) is 0.318. The zero-order chi connectivity index (χ0) is 18.5. The molecule has 0 aliphatic carbocycles. The number of nitrogens with zero attached hydrogens (tertiary/aromatic N) is 2. The molecule has 0 radical (unpaired) electrons. The Balaban J connectivity index is 1.80. The first kappa shape index (κ1) is 18.3. The number of quaternary nitrogens is 1. The fourth-order valence-electron chi connectivity index (χ4n) is 3.50. The van der Waals surface area contributed by atoms with Crippen LogP contribution in [0.15, 0.2) is 54.6 Å². The normalized spacial score (nSPS) is 12.3. The van der Waals surface area contributed by atoms with Gasteiger partial charge in [-0.25, -0.2) is 9.07 Å². The highest BCUT2D eigenvalue weighted by Crippen LogP contribution is 2.19. The molecule has 3 aromatic rings. The van der Waals surface area contributed by atoms with Crippen LogP contribution in [0.4, 0.5) is 4.39 Å². The Bertz CT molecular complexity index is 838. The molecule has 26 heavy (non-hydrogen) atoms. The Kier molecular flexibility index (Phi) is 5.84. The molecule has 0 aliphatic heterocycles. The van der Waals surface area contributed by atoms with Crippen molar-refractivity contribution in [2.45, 2.75) is 46.2 Å². The van der Waals surface area contributed by atoms with Gasteiger partial charge in [-0.1, -0.05) is 43.7 Å². The van der Waals surface area contributed by atoms with Crippen molar-refractivity contribution in [3.63, 3.8) is 0 Å². The van der Waals surface area contributed by atoms with Gasteiger partial charge in [-0.05, 0) is 38.1 Å². The molecule has 0 fully saturated rings. The van der Waals surface area contributed by atoms with Crippen molar-refractivity contribution in [3.8, 4) is 5.69 Å². The number of benzene rings is 2. The zero-order valence-electron chi connectivity index (χ0n) is 15.7. The standard InChI is InChI=1S/C22H26FN3/c1-4-8-22(18-9-6-5-7-10-18)24-15-21-16(2)25-26(17(21)3)20-13-11-19(23)12-14-20/h5-7,9-14,22,24H,4,8,15H2,1-3H3/p+1/t22-/m1/s1. The highest BCUT2D eigenvalue weighted by molar-refractivity contribution is 5.36. The van der Waals surface area contributed by atoms with E-state index in [-0.39, 0.29) is 5.82 Å². The summed E-state index contributed by atoms with van der Waals surface area (Å²) < 4.78 is 15.1. The summed E-state index contributed by atoms with van der Waals surface area (Å²) in [6.45, 7) is 7.25. The van der Waals surface area contributed by atoms with Crippen LogP contribution in [0.5, 0.6) is 0 Å². The van der Waals surface area contributed by atoms with Crippen molar-refractivity contribution in [2.75, 3.05) is 0 Å². The smallest absolute Gasteiger partial charge is 0.123 e. The minimum absolute atomic E-state index is 0.228. The van der Waals surface area contributed by atoms with Crippen molar-refractivity contribution in [2.24, 2.45) is 0 Å². The zero-order valence-corrected chi connectivity index (χ0v) is 15.7. The summed E-state index contributed by atoms with van der Waals surface area (Å²) in [6, 6.07) is 17.6. The lowest BCUT2D eigenvalue weighted by Crippen LogP contribution is -2.83. The number of halogens is 1. The molecule has 2 aromatic carbocycles. The van der Waals surface area contributed by atoms with E-state index in [1.165, 1.54) is 23.3 Å². The predicted octanol–water partition coefficient (Wildman–Crippen LogP) is 4.23. The first-order valence-electron chi connectivity index (χ1n) is 9.29. The van der Waals surface area contributed by atoms with Gasteiger partial charge in [0.2, 0.25) is 0 Å². The first-order valence-corrected chi connectivity index (χ1v) is 9.29. The molecule has 1 aromatic heterocycles. The van der Waals surface area contributed by atoms with E-state index in [1.54, 1.807) is 12.1 Å². The summed E-state index contributed by atoms with van der Waals surface area (Å²) in [5.41, 5.74) is 5.67. The molecule has 4 heteroatoms. The largest absolute Gasteiger partial charge is 0.336 e. The molecule has 1 atom stereocenters. The van der Waals surface area contributed by atoms with Crippen LogP contribution in [0, 0.1) is 19.7 Å². The third kappa shape index (κ3) is 4.02. The van der Waals surface area contributed by atoms with Crippen molar-refractivity contribution < 1.29 is 9.71 Å². The van der Waals surface area contributed by atoms with Gasteiger partial charge in [0.25, 0.3) is 0 Å². The van der Waals surface area contributed by atoms with Gasteiger partial charge in [0.05, 0.1) is 22.6 Å². The average Bonchev–Trinajstić information content (AvgIpc) is 2.94. The van der Waals surface area contributed by atoms with Crippen LogP contribution in [-0.4, -0.2) is 9.78 Å². The molecule has 2 N–H and O–H groups in total. The second-order valence-corrected chi connectivity index (χ2v) is 6.78. The Labute approximate surface area is 154 Å². The monoisotopic (exact) mass is 352 g/mol. The predicted molar refractivity (Wildman–Crippen MR) is 103 cm³/mol. The highest BCUT2D eigenvalue weighted by atomic mass is 19.1. The van der Waals surface area contributed by atoms with Gasteiger partial charge in [0, 0.05) is 12.0 Å². The van der Waals surface area contributed by atoms with Crippen LogP contribution < -0.4 is 5.32 Å². The summed E-state index contributed by atoms with van der Waals surface area (Å²) in [7, 11) is 0. The SMILES string of the molecule is CCC[C@@H]([NH2+]Cc1c(C)nn(-c2ccc(F)cc2)c1C)c1ccccc1. The maximum atomic E-state index is 13.2. The van der Waals surface area contributed by atoms with Gasteiger partial charge < -0.3 is 5.32 Å². The summed E-state index contributed by atoms with van der Waals surface area (Å²) in [5, 5.41) is 7.09. The van der Waals surface area contributed by atoms with Gasteiger partial charge in [0.15, 0.2) is 0 Å². The minimum Gasteiger partial charge on any atom is -0.336 e.